The lowest BCUT2D eigenvalue weighted by molar-refractivity contribution is -0.564. The predicted molar refractivity (Wildman–Crippen MR) is 81.5 cm³/mol. The van der Waals surface area contributed by atoms with Crippen LogP contribution in [0.1, 0.15) is 33.6 Å². The van der Waals surface area contributed by atoms with Crippen LogP contribution in [-0.4, -0.2) is 47.5 Å². The molecule has 0 aromatic heterocycles. The summed E-state index contributed by atoms with van der Waals surface area (Å²) in [5.74, 6) is 0.333. The fraction of sp³-hybridized carbons (Fsp3) is 0.643. The van der Waals surface area contributed by atoms with Gasteiger partial charge in [-0.25, -0.2) is 10.1 Å². The summed E-state index contributed by atoms with van der Waals surface area (Å²) in [7, 11) is 1.72. The fourth-order valence-corrected chi connectivity index (χ4v) is 1.95. The summed E-state index contributed by atoms with van der Waals surface area (Å²) in [6.45, 7) is 7.41. The normalized spacial score (nSPS) is 16.0. The van der Waals surface area contributed by atoms with E-state index in [1.807, 2.05) is 0 Å². The first-order valence-electron chi connectivity index (χ1n) is 6.96. The van der Waals surface area contributed by atoms with Gasteiger partial charge in [0.25, 0.3) is 5.96 Å². The number of hydrogen-bond acceptors (Lipinski definition) is 4. The van der Waals surface area contributed by atoms with Gasteiger partial charge in [0.2, 0.25) is 0 Å². The van der Waals surface area contributed by atoms with Crippen molar-refractivity contribution in [3.05, 3.63) is 38.8 Å². The lowest BCUT2D eigenvalue weighted by Crippen LogP contribution is -2.44. The zero-order valence-electron chi connectivity index (χ0n) is 13.2. The third-order valence-corrected chi connectivity index (χ3v) is 3.08. The van der Waals surface area contributed by atoms with Crippen LogP contribution in [0.25, 0.3) is 5.43 Å². The summed E-state index contributed by atoms with van der Waals surface area (Å²) in [6.07, 6.45) is 6.26. The Morgan fingerprint density at radius 2 is 2.19 bits per heavy atom. The van der Waals surface area contributed by atoms with Crippen LogP contribution >= 0.6 is 0 Å². The molecule has 0 bridgehead atoms. The van der Waals surface area contributed by atoms with Gasteiger partial charge in [0.1, 0.15) is 18.9 Å². The Balaban J connectivity index is 2.61. The van der Waals surface area contributed by atoms with E-state index in [-0.39, 0.29) is 0 Å². The van der Waals surface area contributed by atoms with Crippen molar-refractivity contribution in [2.75, 3.05) is 27.1 Å². The van der Waals surface area contributed by atoms with Crippen molar-refractivity contribution in [1.82, 2.24) is 4.90 Å². The molecule has 0 aromatic carbocycles. The monoisotopic (exact) mass is 296 g/mol. The number of hydrogen-bond donors (Lipinski definition) is 0. The summed E-state index contributed by atoms with van der Waals surface area (Å²) < 4.78 is 6.98. The van der Waals surface area contributed by atoms with Crippen molar-refractivity contribution < 1.29 is 14.3 Å². The van der Waals surface area contributed by atoms with Gasteiger partial charge in [0, 0.05) is 13.6 Å². The second-order valence-electron chi connectivity index (χ2n) is 5.39. The maximum absolute atomic E-state index is 10.6. The molecule has 118 valence electrons. The highest BCUT2D eigenvalue weighted by Crippen LogP contribution is 2.10. The molecule has 0 fully saturated rings. The summed E-state index contributed by atoms with van der Waals surface area (Å²) in [6, 6.07) is 0. The molecule has 7 nitrogen and oxygen atoms in total. The molecule has 1 aliphatic heterocycles. The summed E-state index contributed by atoms with van der Waals surface area (Å²) in [5, 5.41) is 9.93. The van der Waals surface area contributed by atoms with Crippen LogP contribution in [0.3, 0.4) is 0 Å². The van der Waals surface area contributed by atoms with Gasteiger partial charge < -0.3 is 14.2 Å². The van der Waals surface area contributed by atoms with Crippen molar-refractivity contribution in [1.29, 1.82) is 0 Å². The minimum atomic E-state index is -0.671. The number of guanidine groups is 1. The molecule has 0 aromatic rings. The minimum absolute atomic E-state index is 0.312. The van der Waals surface area contributed by atoms with Crippen molar-refractivity contribution in [2.24, 2.45) is 0 Å². The van der Waals surface area contributed by atoms with E-state index in [4.69, 9.17) is 4.74 Å². The number of rotatable bonds is 6. The van der Waals surface area contributed by atoms with E-state index in [0.717, 1.165) is 12.8 Å². The number of ether oxygens (including phenoxy) is 1. The van der Waals surface area contributed by atoms with Crippen LogP contribution in [0.5, 0.6) is 0 Å². The van der Waals surface area contributed by atoms with E-state index in [1.165, 1.54) is 11.1 Å². The standard InChI is InChI=1S/C14H24N4O3/c1-12(2)6-5-7-13(3)8-9-17-11-21-10-16(4)14(17)15-18(19)20/h6,8H,5,7,9-11H2,1-4H3/b13-8+. The van der Waals surface area contributed by atoms with Crippen LogP contribution in [0.4, 0.5) is 0 Å². The third-order valence-electron chi connectivity index (χ3n) is 3.08. The van der Waals surface area contributed by atoms with E-state index < -0.39 is 5.03 Å². The van der Waals surface area contributed by atoms with Crippen LogP contribution in [0, 0.1) is 10.1 Å². The molecular formula is C14H24N4O3. The van der Waals surface area contributed by atoms with Gasteiger partial charge >= 0.3 is 0 Å². The Hall–Kier alpha value is -1.89. The average Bonchev–Trinajstić information content (AvgIpc) is 2.38. The van der Waals surface area contributed by atoms with Crippen LogP contribution in [0.15, 0.2) is 23.3 Å². The number of allylic oxidation sites excluding steroid dienone is 3. The van der Waals surface area contributed by atoms with E-state index in [1.54, 1.807) is 16.5 Å². The molecule has 1 rings (SSSR count). The first-order valence-corrected chi connectivity index (χ1v) is 6.96. The largest absolute Gasteiger partial charge is 0.341 e. The van der Waals surface area contributed by atoms with Gasteiger partial charge in [-0.3, -0.25) is 0 Å². The van der Waals surface area contributed by atoms with Gasteiger partial charge in [-0.15, -0.1) is 0 Å². The molecule has 0 saturated carbocycles. The Morgan fingerprint density at radius 1 is 1.48 bits per heavy atom. The molecule has 1 aliphatic rings. The van der Waals surface area contributed by atoms with E-state index in [0.29, 0.717) is 26.0 Å². The molecular weight excluding hydrogens is 272 g/mol. The van der Waals surface area contributed by atoms with E-state index >= 15 is 0 Å². The van der Waals surface area contributed by atoms with Crippen molar-refractivity contribution >= 4 is 5.96 Å². The maximum Gasteiger partial charge on any atom is 0.277 e. The Bertz CT molecular complexity index is 465. The summed E-state index contributed by atoms with van der Waals surface area (Å²) >= 11 is 0. The van der Waals surface area contributed by atoms with Crippen molar-refractivity contribution in [3.8, 4) is 0 Å². The molecule has 0 atom stereocenters. The molecule has 0 spiro atoms. The average molecular weight is 296 g/mol. The van der Waals surface area contributed by atoms with E-state index in [2.05, 4.69) is 38.3 Å². The molecule has 1 heterocycles. The van der Waals surface area contributed by atoms with Gasteiger partial charge in [0.15, 0.2) is 5.03 Å². The molecule has 0 N–H and O–H groups in total. The number of nitrogens with zero attached hydrogens (tertiary/aromatic N) is 4. The van der Waals surface area contributed by atoms with Gasteiger partial charge in [-0.2, -0.15) is 0 Å². The molecule has 7 heteroatoms. The molecule has 0 radical (unpaired) electrons. The SMILES string of the molecule is CC(C)=CCC/C(C)=C/CN1COC[N+](C)=C1[N-][N+](=O)[O-]. The Kier molecular flexibility index (Phi) is 6.87. The van der Waals surface area contributed by atoms with Crippen molar-refractivity contribution in [2.45, 2.75) is 33.6 Å². The smallest absolute Gasteiger partial charge is 0.277 e. The summed E-state index contributed by atoms with van der Waals surface area (Å²) in [4.78, 5) is 12.4. The highest BCUT2D eigenvalue weighted by molar-refractivity contribution is 5.85. The van der Waals surface area contributed by atoms with Crippen molar-refractivity contribution in [3.63, 3.8) is 0 Å². The summed E-state index contributed by atoms with van der Waals surface area (Å²) in [5.41, 5.74) is 6.00. The third kappa shape index (κ3) is 6.40. The maximum atomic E-state index is 10.6. The lowest BCUT2D eigenvalue weighted by atomic mass is 10.1. The molecule has 0 saturated heterocycles. The van der Waals surface area contributed by atoms with Gasteiger partial charge in [0.05, 0.1) is 0 Å². The fourth-order valence-electron chi connectivity index (χ4n) is 1.95. The second kappa shape index (κ2) is 8.41. The predicted octanol–water partition coefficient (Wildman–Crippen LogP) is 2.49. The first-order chi connectivity index (χ1) is 9.90. The highest BCUT2D eigenvalue weighted by atomic mass is 16.7. The second-order valence-corrected chi connectivity index (χ2v) is 5.39. The molecule has 21 heavy (non-hydrogen) atoms. The van der Waals surface area contributed by atoms with Crippen LogP contribution in [0.2, 0.25) is 0 Å². The van der Waals surface area contributed by atoms with Crippen LogP contribution in [-0.2, 0) is 4.74 Å². The first kappa shape index (κ1) is 17.2. The molecule has 0 unspecified atom stereocenters. The molecule has 0 aliphatic carbocycles. The Morgan fingerprint density at radius 3 is 2.81 bits per heavy atom. The quantitative estimate of drug-likeness (QED) is 0.327. The highest BCUT2D eigenvalue weighted by Gasteiger charge is 2.23. The zero-order valence-corrected chi connectivity index (χ0v) is 13.2. The van der Waals surface area contributed by atoms with Gasteiger partial charge in [-0.05, 0) is 33.6 Å². The topological polar surface area (TPSA) is 72.7 Å². The Labute approximate surface area is 125 Å². The minimum Gasteiger partial charge on any atom is -0.341 e. The number of nitro groups is 1. The molecule has 0 amide bonds. The zero-order chi connectivity index (χ0) is 15.8. The lowest BCUT2D eigenvalue weighted by Gasteiger charge is -2.29. The van der Waals surface area contributed by atoms with E-state index in [9.17, 15) is 10.1 Å². The van der Waals surface area contributed by atoms with Gasteiger partial charge in [-0.1, -0.05) is 23.3 Å². The van der Waals surface area contributed by atoms with Crippen LogP contribution < -0.4 is 0 Å².